The molecule has 0 spiro atoms. The SMILES string of the molecule is COc1ccc(OC)c(NC(=O)C2(C)CCN2C(=O)Cc2ccccc2Cl)c1. The largest absolute Gasteiger partial charge is 0.497 e. The maximum absolute atomic E-state index is 13.0. The van der Waals surface area contributed by atoms with Crippen LogP contribution in [0.4, 0.5) is 5.69 Å². The molecular weight excluding hydrogens is 380 g/mol. The Morgan fingerprint density at radius 2 is 1.93 bits per heavy atom. The van der Waals surface area contributed by atoms with Gasteiger partial charge in [-0.1, -0.05) is 29.8 Å². The van der Waals surface area contributed by atoms with Crippen LogP contribution in [-0.2, 0) is 16.0 Å². The Hall–Kier alpha value is -2.73. The maximum Gasteiger partial charge on any atom is 0.250 e. The van der Waals surface area contributed by atoms with Crippen molar-refractivity contribution < 1.29 is 19.1 Å². The lowest BCUT2D eigenvalue weighted by Gasteiger charge is -2.49. The molecule has 1 aliphatic rings. The first-order valence-corrected chi connectivity index (χ1v) is 9.34. The number of anilines is 1. The molecule has 2 amide bonds. The number of nitrogens with zero attached hydrogens (tertiary/aromatic N) is 1. The Morgan fingerprint density at radius 1 is 1.18 bits per heavy atom. The topological polar surface area (TPSA) is 67.9 Å². The van der Waals surface area contributed by atoms with Crippen molar-refractivity contribution in [1.82, 2.24) is 4.90 Å². The Kier molecular flexibility index (Phi) is 5.79. The second-order valence-corrected chi connectivity index (χ2v) is 7.26. The first-order valence-electron chi connectivity index (χ1n) is 8.96. The molecule has 1 saturated heterocycles. The second-order valence-electron chi connectivity index (χ2n) is 6.86. The van der Waals surface area contributed by atoms with E-state index in [2.05, 4.69) is 5.32 Å². The minimum Gasteiger partial charge on any atom is -0.497 e. The number of methoxy groups -OCH3 is 2. The number of hydrogen-bond donors (Lipinski definition) is 1. The highest BCUT2D eigenvalue weighted by molar-refractivity contribution is 6.31. The number of hydrogen-bond acceptors (Lipinski definition) is 4. The van der Waals surface area contributed by atoms with Gasteiger partial charge in [0.25, 0.3) is 0 Å². The monoisotopic (exact) mass is 402 g/mol. The Labute approximate surface area is 169 Å². The number of carbonyl (C=O) groups is 2. The van der Waals surface area contributed by atoms with Gasteiger partial charge in [-0.15, -0.1) is 0 Å². The van der Waals surface area contributed by atoms with Crippen molar-refractivity contribution in [1.29, 1.82) is 0 Å². The van der Waals surface area contributed by atoms with Crippen molar-refractivity contribution in [3.05, 3.63) is 53.1 Å². The van der Waals surface area contributed by atoms with Gasteiger partial charge in [-0.25, -0.2) is 0 Å². The molecule has 2 aromatic carbocycles. The number of likely N-dealkylation sites (tertiary alicyclic amines) is 1. The van der Waals surface area contributed by atoms with Gasteiger partial charge in [-0.2, -0.15) is 0 Å². The van der Waals surface area contributed by atoms with Gasteiger partial charge >= 0.3 is 0 Å². The summed E-state index contributed by atoms with van der Waals surface area (Å²) in [5.74, 6) is 0.722. The Balaban J connectivity index is 1.75. The lowest BCUT2D eigenvalue weighted by Crippen LogP contribution is -2.66. The maximum atomic E-state index is 13.0. The lowest BCUT2D eigenvalue weighted by atomic mass is 9.84. The van der Waals surface area contributed by atoms with E-state index in [0.717, 1.165) is 5.56 Å². The first kappa shape index (κ1) is 20.0. The summed E-state index contributed by atoms with van der Waals surface area (Å²) in [5, 5.41) is 3.42. The summed E-state index contributed by atoms with van der Waals surface area (Å²) in [6, 6.07) is 12.4. The minimum absolute atomic E-state index is 0.130. The van der Waals surface area contributed by atoms with Gasteiger partial charge in [-0.05, 0) is 37.1 Å². The fraction of sp³-hybridized carbons (Fsp3) is 0.333. The van der Waals surface area contributed by atoms with E-state index in [1.54, 1.807) is 43.2 Å². The molecule has 2 aromatic rings. The summed E-state index contributed by atoms with van der Waals surface area (Å²) < 4.78 is 10.5. The zero-order chi connectivity index (χ0) is 20.3. The van der Waals surface area contributed by atoms with E-state index < -0.39 is 5.54 Å². The molecule has 1 heterocycles. The van der Waals surface area contributed by atoms with Gasteiger partial charge in [0.2, 0.25) is 11.8 Å². The van der Waals surface area contributed by atoms with Crippen LogP contribution < -0.4 is 14.8 Å². The highest BCUT2D eigenvalue weighted by Gasteiger charge is 2.49. The third-order valence-electron chi connectivity index (χ3n) is 5.16. The third-order valence-corrected chi connectivity index (χ3v) is 5.53. The number of halogens is 1. The zero-order valence-corrected chi connectivity index (χ0v) is 16.9. The number of benzene rings is 2. The van der Waals surface area contributed by atoms with E-state index >= 15 is 0 Å². The second kappa shape index (κ2) is 8.10. The molecule has 0 bridgehead atoms. The van der Waals surface area contributed by atoms with E-state index in [1.807, 2.05) is 18.2 Å². The van der Waals surface area contributed by atoms with Crippen molar-refractivity contribution in [2.75, 3.05) is 26.1 Å². The minimum atomic E-state index is -0.924. The molecule has 0 radical (unpaired) electrons. The number of nitrogens with one attached hydrogen (secondary N) is 1. The van der Waals surface area contributed by atoms with Crippen LogP contribution >= 0.6 is 11.6 Å². The summed E-state index contributed by atoms with van der Waals surface area (Å²) in [4.78, 5) is 27.4. The van der Waals surface area contributed by atoms with Gasteiger partial charge in [0.15, 0.2) is 0 Å². The molecule has 1 N–H and O–H groups in total. The van der Waals surface area contributed by atoms with Gasteiger partial charge < -0.3 is 19.7 Å². The average molecular weight is 403 g/mol. The molecule has 0 saturated carbocycles. The average Bonchev–Trinajstić information content (AvgIpc) is 2.68. The van der Waals surface area contributed by atoms with Crippen LogP contribution in [0.5, 0.6) is 11.5 Å². The van der Waals surface area contributed by atoms with Crippen molar-refractivity contribution in [2.24, 2.45) is 0 Å². The first-order chi connectivity index (χ1) is 13.4. The molecule has 1 aliphatic heterocycles. The molecule has 0 aromatic heterocycles. The molecule has 3 rings (SSSR count). The fourth-order valence-electron chi connectivity index (χ4n) is 3.26. The molecule has 0 aliphatic carbocycles. The zero-order valence-electron chi connectivity index (χ0n) is 16.1. The van der Waals surface area contributed by atoms with E-state index in [0.29, 0.717) is 35.2 Å². The van der Waals surface area contributed by atoms with Crippen LogP contribution in [0.25, 0.3) is 0 Å². The van der Waals surface area contributed by atoms with E-state index in [9.17, 15) is 9.59 Å². The standard InChI is InChI=1S/C21H23ClN2O4/c1-21(20(26)23-17-13-15(27-2)8-9-18(17)28-3)10-11-24(21)19(25)12-14-6-4-5-7-16(14)22/h4-9,13H,10-12H2,1-3H3,(H,23,26). The van der Waals surface area contributed by atoms with Crippen molar-refractivity contribution in [3.8, 4) is 11.5 Å². The molecule has 1 fully saturated rings. The van der Waals surface area contributed by atoms with E-state index in [-0.39, 0.29) is 18.2 Å². The lowest BCUT2D eigenvalue weighted by molar-refractivity contribution is -0.154. The van der Waals surface area contributed by atoms with Gasteiger partial charge in [0.05, 0.1) is 26.3 Å². The molecule has 28 heavy (non-hydrogen) atoms. The van der Waals surface area contributed by atoms with Crippen LogP contribution in [-0.4, -0.2) is 43.0 Å². The van der Waals surface area contributed by atoms with Crippen molar-refractivity contribution in [2.45, 2.75) is 25.3 Å². The highest BCUT2D eigenvalue weighted by Crippen LogP contribution is 2.35. The number of carbonyl (C=O) groups excluding carboxylic acids is 2. The molecule has 148 valence electrons. The number of amides is 2. The van der Waals surface area contributed by atoms with Crippen LogP contribution in [0, 0.1) is 0 Å². The number of rotatable bonds is 6. The number of ether oxygens (including phenoxy) is 2. The fourth-order valence-corrected chi connectivity index (χ4v) is 3.47. The predicted molar refractivity (Wildman–Crippen MR) is 108 cm³/mol. The molecule has 1 atom stereocenters. The highest BCUT2D eigenvalue weighted by atomic mass is 35.5. The van der Waals surface area contributed by atoms with Crippen molar-refractivity contribution in [3.63, 3.8) is 0 Å². The summed E-state index contributed by atoms with van der Waals surface area (Å²) in [5.41, 5.74) is 0.323. The van der Waals surface area contributed by atoms with Gasteiger partial charge in [0.1, 0.15) is 17.0 Å². The third kappa shape index (κ3) is 3.78. The summed E-state index contributed by atoms with van der Waals surface area (Å²) >= 11 is 6.16. The van der Waals surface area contributed by atoms with Gasteiger partial charge in [-0.3, -0.25) is 9.59 Å². The molecule has 6 nitrogen and oxygen atoms in total. The van der Waals surface area contributed by atoms with Crippen LogP contribution in [0.15, 0.2) is 42.5 Å². The van der Waals surface area contributed by atoms with Crippen LogP contribution in [0.1, 0.15) is 18.9 Å². The Bertz CT molecular complexity index is 902. The van der Waals surface area contributed by atoms with E-state index in [1.165, 1.54) is 7.11 Å². The van der Waals surface area contributed by atoms with Gasteiger partial charge in [0, 0.05) is 17.6 Å². The van der Waals surface area contributed by atoms with E-state index in [4.69, 9.17) is 21.1 Å². The quantitative estimate of drug-likeness (QED) is 0.802. The summed E-state index contributed by atoms with van der Waals surface area (Å²) in [6.07, 6.45) is 0.740. The van der Waals surface area contributed by atoms with Crippen molar-refractivity contribution >= 4 is 29.1 Å². The molecule has 7 heteroatoms. The molecule has 1 unspecified atom stereocenters. The smallest absolute Gasteiger partial charge is 0.250 e. The Morgan fingerprint density at radius 3 is 2.54 bits per heavy atom. The summed E-state index contributed by atoms with van der Waals surface area (Å²) in [6.45, 7) is 2.30. The normalized spacial score (nSPS) is 18.2. The van der Waals surface area contributed by atoms with Crippen LogP contribution in [0.2, 0.25) is 5.02 Å². The summed E-state index contributed by atoms with van der Waals surface area (Å²) in [7, 11) is 3.08. The van der Waals surface area contributed by atoms with Crippen LogP contribution in [0.3, 0.4) is 0 Å². The molecular formula is C21H23ClN2O4. The predicted octanol–water partition coefficient (Wildman–Crippen LogP) is 3.53.